The van der Waals surface area contributed by atoms with Crippen molar-refractivity contribution in [2.75, 3.05) is 20.6 Å². The van der Waals surface area contributed by atoms with Crippen LogP contribution in [0.15, 0.2) is 0 Å². The van der Waals surface area contributed by atoms with Crippen LogP contribution in [0.5, 0.6) is 0 Å². The van der Waals surface area contributed by atoms with E-state index in [4.69, 9.17) is 5.73 Å². The van der Waals surface area contributed by atoms with Gasteiger partial charge in [-0.15, -0.1) is 0 Å². The molecule has 3 heteroatoms. The van der Waals surface area contributed by atoms with Crippen LogP contribution in [-0.4, -0.2) is 31.6 Å². The molecule has 0 radical (unpaired) electrons. The molecule has 0 heterocycles. The fourth-order valence-electron chi connectivity index (χ4n) is 0. The van der Waals surface area contributed by atoms with Crippen LogP contribution in [-0.2, 0) is 0 Å². The Morgan fingerprint density at radius 1 is 1.38 bits per heavy atom. The van der Waals surface area contributed by atoms with Gasteiger partial charge >= 0.3 is 0 Å². The van der Waals surface area contributed by atoms with Gasteiger partial charge in [-0.1, -0.05) is 6.92 Å². The first-order valence-electron chi connectivity index (χ1n) is 2.62. The van der Waals surface area contributed by atoms with E-state index in [9.17, 15) is 0 Å². The van der Waals surface area contributed by atoms with Crippen molar-refractivity contribution >= 4 is 11.0 Å². The summed E-state index contributed by atoms with van der Waals surface area (Å²) in [4.78, 5) is 0. The third-order valence-corrected chi connectivity index (χ3v) is 0.289. The summed E-state index contributed by atoms with van der Waals surface area (Å²) >= 11 is 0. The highest BCUT2D eigenvalue weighted by atomic mass is 28.1. The van der Waals surface area contributed by atoms with Crippen molar-refractivity contribution in [1.82, 2.24) is 5.32 Å². The minimum atomic E-state index is 0. The van der Waals surface area contributed by atoms with E-state index in [-0.39, 0.29) is 11.0 Å². The molecule has 0 saturated heterocycles. The summed E-state index contributed by atoms with van der Waals surface area (Å²) in [7, 11) is 3.75. The smallest absolute Gasteiger partial charge is 0.00799 e. The molecule has 0 amide bonds. The minimum absolute atomic E-state index is 0. The third kappa shape index (κ3) is 125. The molecule has 0 aromatic carbocycles. The average molecular weight is 136 g/mol. The number of nitrogens with one attached hydrogen (secondary N) is 1. The lowest BCUT2D eigenvalue weighted by Crippen LogP contribution is -1.93. The first kappa shape index (κ1) is 15.7. The van der Waals surface area contributed by atoms with Gasteiger partial charge in [0.2, 0.25) is 0 Å². The lowest BCUT2D eigenvalue weighted by molar-refractivity contribution is 0.932. The fraction of sp³-hybridized carbons (Fsp3) is 1.00. The van der Waals surface area contributed by atoms with Gasteiger partial charge in [0.05, 0.1) is 0 Å². The molecule has 3 N–H and O–H groups in total. The van der Waals surface area contributed by atoms with Gasteiger partial charge in [0, 0.05) is 0 Å². The summed E-state index contributed by atoms with van der Waals surface area (Å²) in [6.45, 7) is 2.88. The zero-order valence-electron chi connectivity index (χ0n) is 5.49. The third-order valence-electron chi connectivity index (χ3n) is 0.289. The van der Waals surface area contributed by atoms with E-state index in [1.807, 2.05) is 14.1 Å². The molecule has 0 rings (SSSR count). The predicted molar refractivity (Wildman–Crippen MR) is 45.7 cm³/mol. The van der Waals surface area contributed by atoms with Crippen LogP contribution in [0.4, 0.5) is 0 Å². The molecular formula is C5H20N2Si. The molecule has 0 aliphatic carbocycles. The highest BCUT2D eigenvalue weighted by Crippen LogP contribution is 1.57. The Hall–Kier alpha value is 0.137. The quantitative estimate of drug-likeness (QED) is 0.442. The highest BCUT2D eigenvalue weighted by molar-refractivity contribution is 5.75. The molecule has 0 bridgehead atoms. The van der Waals surface area contributed by atoms with E-state index in [0.717, 1.165) is 13.0 Å². The molecule has 0 aliphatic rings. The Morgan fingerprint density at radius 3 is 1.50 bits per heavy atom. The topological polar surface area (TPSA) is 38.0 Å². The molecule has 0 fully saturated rings. The maximum atomic E-state index is 5.03. The summed E-state index contributed by atoms with van der Waals surface area (Å²) in [5.74, 6) is 0. The maximum Gasteiger partial charge on any atom is -0.00799 e. The molecule has 54 valence electrons. The van der Waals surface area contributed by atoms with Gasteiger partial charge in [-0.2, -0.15) is 0 Å². The number of hydrogen-bond acceptors (Lipinski definition) is 2. The Bertz CT molecular complexity index is 17.9. The summed E-state index contributed by atoms with van der Waals surface area (Å²) < 4.78 is 0. The summed E-state index contributed by atoms with van der Waals surface area (Å²) in [6.07, 6.45) is 1.10. The zero-order valence-corrected chi connectivity index (χ0v) is 5.49. The lowest BCUT2D eigenvalue weighted by Gasteiger charge is -1.70. The second-order valence-electron chi connectivity index (χ2n) is 1.29. The zero-order chi connectivity index (χ0) is 6.12. The fourth-order valence-corrected chi connectivity index (χ4v) is 0. The molecule has 8 heavy (non-hydrogen) atoms. The van der Waals surface area contributed by atoms with E-state index in [1.54, 1.807) is 0 Å². The Morgan fingerprint density at radius 2 is 1.50 bits per heavy atom. The Labute approximate surface area is 56.9 Å². The van der Waals surface area contributed by atoms with Crippen molar-refractivity contribution in [1.29, 1.82) is 0 Å². The van der Waals surface area contributed by atoms with Gasteiger partial charge < -0.3 is 11.1 Å². The number of hydrogen-bond donors (Lipinski definition) is 2. The van der Waals surface area contributed by atoms with Crippen LogP contribution >= 0.6 is 0 Å². The molecule has 2 nitrogen and oxygen atoms in total. The van der Waals surface area contributed by atoms with Crippen LogP contribution in [0.2, 0.25) is 0 Å². The molecule has 0 unspecified atom stereocenters. The number of nitrogens with two attached hydrogens (primary N) is 1. The van der Waals surface area contributed by atoms with E-state index < -0.39 is 0 Å². The van der Waals surface area contributed by atoms with Gasteiger partial charge in [-0.3, -0.25) is 0 Å². The standard InChI is InChI=1S/C3H9N.C2H7N.H4Si/c1-2-3-4;1-3-2;/h2-4H2,1H3;3H,1-2H3;1H4. The molecule has 0 aliphatic heterocycles. The van der Waals surface area contributed by atoms with Crippen LogP contribution in [0, 0.1) is 0 Å². The predicted octanol–water partition coefficient (Wildman–Crippen LogP) is -1.26. The van der Waals surface area contributed by atoms with Crippen molar-refractivity contribution < 1.29 is 0 Å². The van der Waals surface area contributed by atoms with E-state index in [2.05, 4.69) is 12.2 Å². The van der Waals surface area contributed by atoms with Crippen molar-refractivity contribution in [3.05, 3.63) is 0 Å². The lowest BCUT2D eigenvalue weighted by atomic mass is 10.5. The van der Waals surface area contributed by atoms with Gasteiger partial charge in [-0.25, -0.2) is 0 Å². The van der Waals surface area contributed by atoms with Crippen LogP contribution in [0.25, 0.3) is 0 Å². The Kier molecular flexibility index (Phi) is 53.6. The first-order valence-corrected chi connectivity index (χ1v) is 2.62. The van der Waals surface area contributed by atoms with Gasteiger partial charge in [0.1, 0.15) is 0 Å². The molecule has 0 saturated carbocycles. The van der Waals surface area contributed by atoms with Gasteiger partial charge in [0.25, 0.3) is 0 Å². The van der Waals surface area contributed by atoms with E-state index in [0.29, 0.717) is 0 Å². The van der Waals surface area contributed by atoms with Crippen LogP contribution in [0.3, 0.4) is 0 Å². The second-order valence-corrected chi connectivity index (χ2v) is 1.29. The van der Waals surface area contributed by atoms with Crippen molar-refractivity contribution in [2.24, 2.45) is 5.73 Å². The molecule has 0 atom stereocenters. The molecule has 0 aromatic heterocycles. The largest absolute Gasteiger partial charge is 0.330 e. The normalized spacial score (nSPS) is 6.00. The van der Waals surface area contributed by atoms with E-state index in [1.165, 1.54) is 0 Å². The van der Waals surface area contributed by atoms with Gasteiger partial charge in [-0.05, 0) is 38.0 Å². The monoisotopic (exact) mass is 136 g/mol. The SMILES string of the molecule is CCCN.CNC.[SiH4]. The molecule has 0 aromatic rings. The summed E-state index contributed by atoms with van der Waals surface area (Å²) in [5, 5.41) is 2.75. The summed E-state index contributed by atoms with van der Waals surface area (Å²) in [6, 6.07) is 0. The van der Waals surface area contributed by atoms with Crippen molar-refractivity contribution in [2.45, 2.75) is 13.3 Å². The first-order chi connectivity index (χ1) is 3.33. The molecular weight excluding hydrogens is 116 g/mol. The highest BCUT2D eigenvalue weighted by Gasteiger charge is 1.55. The second kappa shape index (κ2) is 27.3. The minimum Gasteiger partial charge on any atom is -0.330 e. The number of rotatable bonds is 1. The van der Waals surface area contributed by atoms with Crippen molar-refractivity contribution in [3.63, 3.8) is 0 Å². The summed E-state index contributed by atoms with van der Waals surface area (Å²) in [5.41, 5.74) is 5.03. The van der Waals surface area contributed by atoms with Gasteiger partial charge in [0.15, 0.2) is 0 Å². The van der Waals surface area contributed by atoms with E-state index >= 15 is 0 Å². The molecule has 0 spiro atoms. The average Bonchev–Trinajstić information content (AvgIpc) is 1.69. The maximum absolute atomic E-state index is 5.03. The van der Waals surface area contributed by atoms with Crippen LogP contribution < -0.4 is 11.1 Å². The van der Waals surface area contributed by atoms with Crippen LogP contribution in [0.1, 0.15) is 13.3 Å². The van der Waals surface area contributed by atoms with Crippen molar-refractivity contribution in [3.8, 4) is 0 Å². The Balaban J connectivity index is -0.0000000575.